The quantitative estimate of drug-likeness (QED) is 0.553. The highest BCUT2D eigenvalue weighted by Gasteiger charge is 2.27. The summed E-state index contributed by atoms with van der Waals surface area (Å²) in [5.74, 6) is 0. The molecule has 0 aliphatic heterocycles. The monoisotopic (exact) mass is 317 g/mol. The van der Waals surface area contributed by atoms with Gasteiger partial charge in [-0.15, -0.1) is 0 Å². The number of hydrogen-bond acceptors (Lipinski definition) is 6. The first-order valence-electron chi connectivity index (χ1n) is 6.29. The van der Waals surface area contributed by atoms with Crippen LogP contribution in [0.5, 0.6) is 0 Å². The number of nitro benzene ring substituents is 1. The molecule has 8 nitrogen and oxygen atoms in total. The summed E-state index contributed by atoms with van der Waals surface area (Å²) in [4.78, 5) is 10.00. The van der Waals surface area contributed by atoms with Gasteiger partial charge in [0.2, 0.25) is 10.0 Å². The van der Waals surface area contributed by atoms with Crippen LogP contribution in [0, 0.1) is 10.1 Å². The summed E-state index contributed by atoms with van der Waals surface area (Å²) in [6.07, 6.45) is 0.470. The second-order valence-corrected chi connectivity index (χ2v) is 6.18. The summed E-state index contributed by atoms with van der Waals surface area (Å²) < 4.78 is 31.8. The van der Waals surface area contributed by atoms with Gasteiger partial charge in [0.05, 0.1) is 4.92 Å². The number of benzene rings is 1. The van der Waals surface area contributed by atoms with Gasteiger partial charge in [0, 0.05) is 38.6 Å². The Bertz CT molecular complexity index is 603. The van der Waals surface area contributed by atoms with Crippen molar-refractivity contribution >= 4 is 21.4 Å². The molecule has 0 saturated heterocycles. The van der Waals surface area contributed by atoms with E-state index >= 15 is 0 Å². The van der Waals surface area contributed by atoms with Gasteiger partial charge >= 0.3 is 0 Å². The Morgan fingerprint density at radius 2 is 2.10 bits per heavy atom. The van der Waals surface area contributed by atoms with Crippen molar-refractivity contribution < 1.29 is 18.1 Å². The molecule has 2 N–H and O–H groups in total. The first-order chi connectivity index (χ1) is 9.81. The van der Waals surface area contributed by atoms with E-state index in [-0.39, 0.29) is 4.90 Å². The minimum atomic E-state index is -3.97. The van der Waals surface area contributed by atoms with Gasteiger partial charge < -0.3 is 10.1 Å². The van der Waals surface area contributed by atoms with Gasteiger partial charge in [0.25, 0.3) is 5.69 Å². The number of rotatable bonds is 8. The first kappa shape index (κ1) is 17.3. The second-order valence-electron chi connectivity index (χ2n) is 4.49. The van der Waals surface area contributed by atoms with Gasteiger partial charge in [0.15, 0.2) is 4.90 Å². The molecule has 1 aromatic carbocycles. The highest BCUT2D eigenvalue weighted by atomic mass is 32.2. The maximum absolute atomic E-state index is 12.3. The molecule has 1 unspecified atom stereocenters. The molecule has 0 amide bonds. The van der Waals surface area contributed by atoms with Crippen LogP contribution in [0.2, 0.25) is 0 Å². The fourth-order valence-corrected chi connectivity index (χ4v) is 3.16. The van der Waals surface area contributed by atoms with Crippen molar-refractivity contribution in [3.05, 3.63) is 28.3 Å². The predicted molar refractivity (Wildman–Crippen MR) is 78.9 cm³/mol. The molecule has 9 heteroatoms. The van der Waals surface area contributed by atoms with Crippen LogP contribution in [-0.2, 0) is 14.8 Å². The molecule has 0 fully saturated rings. The van der Waals surface area contributed by atoms with Crippen LogP contribution in [0.3, 0.4) is 0 Å². The molecule has 0 bridgehead atoms. The third-order valence-corrected chi connectivity index (χ3v) is 4.48. The van der Waals surface area contributed by atoms with Gasteiger partial charge in [-0.1, -0.05) is 0 Å². The molecule has 0 heterocycles. The zero-order chi connectivity index (χ0) is 16.0. The van der Waals surface area contributed by atoms with Gasteiger partial charge in [-0.05, 0) is 25.5 Å². The molecule has 0 radical (unpaired) electrons. The fourth-order valence-electron chi connectivity index (χ4n) is 1.72. The van der Waals surface area contributed by atoms with E-state index in [1.54, 1.807) is 14.0 Å². The molecule has 118 valence electrons. The Balaban J connectivity index is 3.10. The summed E-state index contributed by atoms with van der Waals surface area (Å²) >= 11 is 0. The molecular weight excluding hydrogens is 298 g/mol. The lowest BCUT2D eigenvalue weighted by Gasteiger charge is -2.14. The first-order valence-corrected chi connectivity index (χ1v) is 7.77. The number of nitro groups is 1. The summed E-state index contributed by atoms with van der Waals surface area (Å²) in [6.45, 7) is 2.06. The second kappa shape index (κ2) is 7.34. The lowest BCUT2D eigenvalue weighted by atomic mass is 10.3. The Morgan fingerprint density at radius 1 is 1.43 bits per heavy atom. The molecule has 0 saturated carbocycles. The number of anilines is 1. The molecule has 1 aromatic rings. The van der Waals surface area contributed by atoms with E-state index in [4.69, 9.17) is 4.74 Å². The fraction of sp³-hybridized carbons (Fsp3) is 0.500. The summed E-state index contributed by atoms with van der Waals surface area (Å²) in [5, 5.41) is 13.8. The number of hydrogen-bond donors (Lipinski definition) is 2. The van der Waals surface area contributed by atoms with Crippen LogP contribution < -0.4 is 10.0 Å². The molecule has 0 aliphatic rings. The van der Waals surface area contributed by atoms with E-state index in [0.717, 1.165) is 0 Å². The maximum atomic E-state index is 12.3. The predicted octanol–water partition coefficient (Wildman–Crippen LogP) is 1.34. The normalized spacial score (nSPS) is 12.9. The molecule has 1 atom stereocenters. The maximum Gasteiger partial charge on any atom is 0.291 e. The van der Waals surface area contributed by atoms with Gasteiger partial charge in [-0.3, -0.25) is 10.1 Å². The third kappa shape index (κ3) is 4.66. The van der Waals surface area contributed by atoms with E-state index in [9.17, 15) is 18.5 Å². The van der Waals surface area contributed by atoms with Crippen LogP contribution in [0.1, 0.15) is 13.3 Å². The molecule has 0 spiro atoms. The van der Waals surface area contributed by atoms with Crippen molar-refractivity contribution in [2.45, 2.75) is 24.3 Å². The summed E-state index contributed by atoms with van der Waals surface area (Å²) in [7, 11) is -0.854. The highest BCUT2D eigenvalue weighted by molar-refractivity contribution is 7.89. The zero-order valence-corrected chi connectivity index (χ0v) is 12.9. The Labute approximate surface area is 123 Å². The third-order valence-electron chi connectivity index (χ3n) is 2.85. The topological polar surface area (TPSA) is 111 Å². The standard InChI is InChI=1S/C12H19N3O5S/c1-9(6-7-20-3)14-21(18,19)12-5-4-10(13-2)8-11(12)15(16)17/h4-5,8-9,13-14H,6-7H2,1-3H3. The van der Waals surface area contributed by atoms with E-state index in [0.29, 0.717) is 18.7 Å². The largest absolute Gasteiger partial charge is 0.388 e. The average molecular weight is 317 g/mol. The Hall–Kier alpha value is -1.71. The van der Waals surface area contributed by atoms with Crippen LogP contribution in [0.15, 0.2) is 23.1 Å². The van der Waals surface area contributed by atoms with Crippen LogP contribution in [0.25, 0.3) is 0 Å². The minimum absolute atomic E-state index is 0.351. The summed E-state index contributed by atoms with van der Waals surface area (Å²) in [6, 6.07) is 3.49. The van der Waals surface area contributed by atoms with Gasteiger partial charge in [-0.2, -0.15) is 0 Å². The lowest BCUT2D eigenvalue weighted by molar-refractivity contribution is -0.387. The van der Waals surface area contributed by atoms with Crippen LogP contribution >= 0.6 is 0 Å². The van der Waals surface area contributed by atoms with Crippen molar-refractivity contribution in [3.8, 4) is 0 Å². The number of ether oxygens (including phenoxy) is 1. The molecule has 0 aliphatic carbocycles. The van der Waals surface area contributed by atoms with Crippen molar-refractivity contribution in [1.29, 1.82) is 0 Å². The van der Waals surface area contributed by atoms with Crippen LogP contribution in [-0.4, -0.2) is 40.1 Å². The van der Waals surface area contributed by atoms with E-state index in [2.05, 4.69) is 10.0 Å². The van der Waals surface area contributed by atoms with E-state index < -0.39 is 26.7 Å². The molecule has 0 aromatic heterocycles. The Morgan fingerprint density at radius 3 is 2.62 bits per heavy atom. The number of nitrogens with zero attached hydrogens (tertiary/aromatic N) is 1. The van der Waals surface area contributed by atoms with E-state index in [1.165, 1.54) is 25.3 Å². The number of methoxy groups -OCH3 is 1. The van der Waals surface area contributed by atoms with Crippen molar-refractivity contribution in [1.82, 2.24) is 4.72 Å². The average Bonchev–Trinajstić information content (AvgIpc) is 2.43. The Kier molecular flexibility index (Phi) is 6.06. The molecule has 21 heavy (non-hydrogen) atoms. The van der Waals surface area contributed by atoms with Crippen molar-refractivity contribution in [2.24, 2.45) is 0 Å². The smallest absolute Gasteiger partial charge is 0.291 e. The van der Waals surface area contributed by atoms with Crippen LogP contribution in [0.4, 0.5) is 11.4 Å². The summed E-state index contributed by atoms with van der Waals surface area (Å²) in [5.41, 5.74) is 0.00127. The van der Waals surface area contributed by atoms with Gasteiger partial charge in [-0.25, -0.2) is 13.1 Å². The van der Waals surface area contributed by atoms with Crippen molar-refractivity contribution in [2.75, 3.05) is 26.1 Å². The molecular formula is C12H19N3O5S. The highest BCUT2D eigenvalue weighted by Crippen LogP contribution is 2.27. The number of sulfonamides is 1. The zero-order valence-electron chi connectivity index (χ0n) is 12.1. The van der Waals surface area contributed by atoms with E-state index in [1.807, 2.05) is 0 Å². The number of nitrogens with one attached hydrogen (secondary N) is 2. The molecule has 1 rings (SSSR count). The SMILES string of the molecule is CNc1ccc(S(=O)(=O)NC(C)CCOC)c([N+](=O)[O-])c1. The minimum Gasteiger partial charge on any atom is -0.388 e. The van der Waals surface area contributed by atoms with Gasteiger partial charge in [0.1, 0.15) is 0 Å². The van der Waals surface area contributed by atoms with Crippen molar-refractivity contribution in [3.63, 3.8) is 0 Å². The lowest BCUT2D eigenvalue weighted by Crippen LogP contribution is -2.33.